The predicted octanol–water partition coefficient (Wildman–Crippen LogP) is 0.880. The van der Waals surface area contributed by atoms with Crippen molar-refractivity contribution in [2.24, 2.45) is 11.7 Å². The molecular weight excluding hydrogens is 164 g/mol. The zero-order chi connectivity index (χ0) is 9.42. The van der Waals surface area contributed by atoms with E-state index in [4.69, 9.17) is 5.73 Å². The fourth-order valence-corrected chi connectivity index (χ4v) is 1.67. The lowest BCUT2D eigenvalue weighted by Gasteiger charge is -2.17. The van der Waals surface area contributed by atoms with E-state index in [2.05, 4.69) is 17.0 Å². The molecule has 1 aliphatic heterocycles. The summed E-state index contributed by atoms with van der Waals surface area (Å²) >= 11 is 0. The maximum atomic E-state index is 5.72. The molecule has 0 fully saturated rings. The van der Waals surface area contributed by atoms with Gasteiger partial charge in [0.1, 0.15) is 5.82 Å². The average Bonchev–Trinajstić information content (AvgIpc) is 2.46. The van der Waals surface area contributed by atoms with Crippen molar-refractivity contribution in [2.75, 3.05) is 0 Å². The summed E-state index contributed by atoms with van der Waals surface area (Å²) in [5.41, 5.74) is 5.72. The van der Waals surface area contributed by atoms with Crippen molar-refractivity contribution >= 4 is 0 Å². The third kappa shape index (κ3) is 1.58. The highest BCUT2D eigenvalue weighted by atomic mass is 15.4. The molecule has 2 unspecified atom stereocenters. The van der Waals surface area contributed by atoms with Crippen LogP contribution in [0, 0.1) is 5.92 Å². The third-order valence-corrected chi connectivity index (χ3v) is 2.54. The first kappa shape index (κ1) is 8.69. The van der Waals surface area contributed by atoms with E-state index in [0.717, 1.165) is 30.5 Å². The highest BCUT2D eigenvalue weighted by Crippen LogP contribution is 2.18. The van der Waals surface area contributed by atoms with E-state index in [1.54, 1.807) is 0 Å². The van der Waals surface area contributed by atoms with Gasteiger partial charge in [-0.15, -0.1) is 0 Å². The molecule has 0 saturated heterocycles. The smallest absolute Gasteiger partial charge is 0.167 e. The first-order chi connectivity index (χ1) is 6.16. The zero-order valence-corrected chi connectivity index (χ0v) is 8.20. The van der Waals surface area contributed by atoms with Crippen LogP contribution in [0.25, 0.3) is 0 Å². The summed E-state index contributed by atoms with van der Waals surface area (Å²) in [7, 11) is 0. The van der Waals surface area contributed by atoms with Crippen LogP contribution in [0.15, 0.2) is 0 Å². The molecule has 2 rings (SSSR count). The number of fused-ring (bicyclic) bond motifs is 1. The van der Waals surface area contributed by atoms with Gasteiger partial charge in [-0.05, 0) is 19.3 Å². The normalized spacial score (nSPS) is 24.1. The van der Waals surface area contributed by atoms with Crippen LogP contribution in [-0.2, 0) is 13.0 Å². The lowest BCUT2D eigenvalue weighted by Crippen LogP contribution is -2.18. The summed E-state index contributed by atoms with van der Waals surface area (Å²) in [4.78, 5) is 4.43. The van der Waals surface area contributed by atoms with Gasteiger partial charge < -0.3 is 5.73 Å². The molecule has 1 aliphatic rings. The second-order valence-electron chi connectivity index (χ2n) is 4.00. The summed E-state index contributed by atoms with van der Waals surface area (Å²) in [6.45, 7) is 5.17. The number of hydrogen-bond donors (Lipinski definition) is 1. The van der Waals surface area contributed by atoms with E-state index >= 15 is 0 Å². The van der Waals surface area contributed by atoms with E-state index in [0.29, 0.717) is 0 Å². The molecule has 1 aromatic rings. The van der Waals surface area contributed by atoms with Crippen molar-refractivity contribution in [1.82, 2.24) is 14.8 Å². The molecule has 4 heteroatoms. The Morgan fingerprint density at radius 3 is 3.08 bits per heavy atom. The predicted molar refractivity (Wildman–Crippen MR) is 50.1 cm³/mol. The lowest BCUT2D eigenvalue weighted by molar-refractivity contribution is 0.385. The summed E-state index contributed by atoms with van der Waals surface area (Å²) < 4.78 is 2.00. The highest BCUT2D eigenvalue weighted by Gasteiger charge is 2.19. The fourth-order valence-electron chi connectivity index (χ4n) is 1.67. The Hall–Kier alpha value is -0.900. The topological polar surface area (TPSA) is 56.7 Å². The molecule has 0 saturated carbocycles. The molecule has 0 bridgehead atoms. The molecular formula is C9H16N4. The van der Waals surface area contributed by atoms with Crippen LogP contribution < -0.4 is 5.73 Å². The number of aryl methyl sites for hydroxylation is 1. The van der Waals surface area contributed by atoms with Crippen LogP contribution in [0.3, 0.4) is 0 Å². The summed E-state index contributed by atoms with van der Waals surface area (Å²) in [6.07, 6.45) is 2.24. The standard InChI is InChI=1S/C9H16N4/c1-6-3-4-13-8(5-6)11-9(12-13)7(2)10/h6-7H,3-5,10H2,1-2H3. The second-order valence-corrected chi connectivity index (χ2v) is 4.00. The number of nitrogens with zero attached hydrogens (tertiary/aromatic N) is 3. The molecule has 2 N–H and O–H groups in total. The Kier molecular flexibility index (Phi) is 2.07. The number of aromatic nitrogens is 3. The first-order valence-corrected chi connectivity index (χ1v) is 4.86. The Bertz CT molecular complexity index is 303. The van der Waals surface area contributed by atoms with Crippen LogP contribution in [0.2, 0.25) is 0 Å². The van der Waals surface area contributed by atoms with Crippen molar-refractivity contribution in [3.63, 3.8) is 0 Å². The van der Waals surface area contributed by atoms with Gasteiger partial charge in [0, 0.05) is 13.0 Å². The van der Waals surface area contributed by atoms with Gasteiger partial charge in [0.2, 0.25) is 0 Å². The monoisotopic (exact) mass is 180 g/mol. The van der Waals surface area contributed by atoms with Gasteiger partial charge >= 0.3 is 0 Å². The van der Waals surface area contributed by atoms with Crippen LogP contribution >= 0.6 is 0 Å². The van der Waals surface area contributed by atoms with E-state index in [1.165, 1.54) is 6.42 Å². The minimum absolute atomic E-state index is 0.0478. The molecule has 0 amide bonds. The van der Waals surface area contributed by atoms with Crippen LogP contribution in [0.1, 0.15) is 38.0 Å². The lowest BCUT2D eigenvalue weighted by atomic mass is 10.0. The summed E-state index contributed by atoms with van der Waals surface area (Å²) in [5.74, 6) is 2.62. The van der Waals surface area contributed by atoms with Gasteiger partial charge in [-0.1, -0.05) is 6.92 Å². The molecule has 2 atom stereocenters. The number of nitrogens with two attached hydrogens (primary N) is 1. The Morgan fingerprint density at radius 1 is 1.62 bits per heavy atom. The minimum Gasteiger partial charge on any atom is -0.321 e. The van der Waals surface area contributed by atoms with Crippen molar-refractivity contribution in [1.29, 1.82) is 0 Å². The molecule has 0 aliphatic carbocycles. The van der Waals surface area contributed by atoms with E-state index in [9.17, 15) is 0 Å². The number of hydrogen-bond acceptors (Lipinski definition) is 3. The SMILES string of the molecule is CC1CCn2nc(C(C)N)nc2C1. The van der Waals surface area contributed by atoms with Gasteiger partial charge in [-0.3, -0.25) is 0 Å². The van der Waals surface area contributed by atoms with Crippen LogP contribution in [0.5, 0.6) is 0 Å². The van der Waals surface area contributed by atoms with E-state index < -0.39 is 0 Å². The molecule has 13 heavy (non-hydrogen) atoms. The highest BCUT2D eigenvalue weighted by molar-refractivity contribution is 4.99. The third-order valence-electron chi connectivity index (χ3n) is 2.54. The summed E-state index contributed by atoms with van der Waals surface area (Å²) in [5, 5.41) is 4.37. The molecule has 4 nitrogen and oxygen atoms in total. The largest absolute Gasteiger partial charge is 0.321 e. The zero-order valence-electron chi connectivity index (χ0n) is 8.20. The molecule has 1 aromatic heterocycles. The van der Waals surface area contributed by atoms with Crippen molar-refractivity contribution in [3.05, 3.63) is 11.6 Å². The Labute approximate surface area is 78.1 Å². The van der Waals surface area contributed by atoms with Crippen molar-refractivity contribution < 1.29 is 0 Å². The van der Waals surface area contributed by atoms with Crippen LogP contribution in [0.4, 0.5) is 0 Å². The second kappa shape index (κ2) is 3.10. The Balaban J connectivity index is 2.28. The van der Waals surface area contributed by atoms with Crippen molar-refractivity contribution in [2.45, 2.75) is 39.3 Å². The molecule has 2 heterocycles. The molecule has 0 aromatic carbocycles. The minimum atomic E-state index is -0.0478. The quantitative estimate of drug-likeness (QED) is 0.698. The van der Waals surface area contributed by atoms with Gasteiger partial charge in [0.25, 0.3) is 0 Å². The summed E-state index contributed by atoms with van der Waals surface area (Å²) in [6, 6.07) is -0.0478. The van der Waals surface area contributed by atoms with Gasteiger partial charge in [-0.25, -0.2) is 9.67 Å². The first-order valence-electron chi connectivity index (χ1n) is 4.86. The maximum absolute atomic E-state index is 5.72. The fraction of sp³-hybridized carbons (Fsp3) is 0.778. The average molecular weight is 180 g/mol. The Morgan fingerprint density at radius 2 is 2.38 bits per heavy atom. The number of rotatable bonds is 1. The van der Waals surface area contributed by atoms with Gasteiger partial charge in [0.05, 0.1) is 6.04 Å². The molecule has 72 valence electrons. The van der Waals surface area contributed by atoms with E-state index in [1.807, 2.05) is 11.6 Å². The van der Waals surface area contributed by atoms with Crippen molar-refractivity contribution in [3.8, 4) is 0 Å². The maximum Gasteiger partial charge on any atom is 0.167 e. The van der Waals surface area contributed by atoms with E-state index in [-0.39, 0.29) is 6.04 Å². The molecule has 0 radical (unpaired) electrons. The van der Waals surface area contributed by atoms with Gasteiger partial charge in [-0.2, -0.15) is 5.10 Å². The molecule has 0 spiro atoms. The van der Waals surface area contributed by atoms with Crippen LogP contribution in [-0.4, -0.2) is 14.8 Å². The van der Waals surface area contributed by atoms with Gasteiger partial charge in [0.15, 0.2) is 5.82 Å².